The van der Waals surface area contributed by atoms with Crippen LogP contribution in [0.25, 0.3) is 0 Å². The van der Waals surface area contributed by atoms with Crippen LogP contribution in [0.2, 0.25) is 0 Å². The first kappa shape index (κ1) is 25.2. The number of unbranched alkanes of at least 4 members (excludes halogenated alkanes) is 1. The van der Waals surface area contributed by atoms with E-state index in [0.717, 1.165) is 36.1 Å². The second kappa shape index (κ2) is 12.7. The zero-order valence-corrected chi connectivity index (χ0v) is 19.8. The molecule has 1 amide bonds. The molecule has 3 rings (SSSR count). The molecule has 3 aromatic carbocycles. The lowest BCUT2D eigenvalue weighted by Crippen LogP contribution is -2.31. The van der Waals surface area contributed by atoms with Gasteiger partial charge in [0, 0.05) is 30.9 Å². The Morgan fingerprint density at radius 1 is 0.971 bits per heavy atom. The Morgan fingerprint density at radius 3 is 2.35 bits per heavy atom. The second-order valence-electron chi connectivity index (χ2n) is 8.53. The lowest BCUT2D eigenvalue weighted by molar-refractivity contribution is 0.0803. The minimum Gasteiger partial charge on any atom is -0.508 e. The van der Waals surface area contributed by atoms with Crippen LogP contribution in [-0.2, 0) is 13.0 Å². The van der Waals surface area contributed by atoms with Crippen molar-refractivity contribution >= 4 is 5.91 Å². The molecule has 0 spiro atoms. The molecule has 0 aliphatic rings. The number of rotatable bonds is 12. The van der Waals surface area contributed by atoms with Crippen LogP contribution in [0.1, 0.15) is 52.9 Å². The molecule has 5 nitrogen and oxygen atoms in total. The van der Waals surface area contributed by atoms with Crippen molar-refractivity contribution in [2.45, 2.75) is 38.8 Å². The number of phenols is 1. The van der Waals surface area contributed by atoms with E-state index in [9.17, 15) is 15.0 Å². The Morgan fingerprint density at radius 2 is 1.65 bits per heavy atom. The Bertz CT molecular complexity index is 1060. The summed E-state index contributed by atoms with van der Waals surface area (Å²) in [4.78, 5) is 15.1. The maximum absolute atomic E-state index is 13.4. The number of hydrogen-bond acceptors (Lipinski definition) is 4. The van der Waals surface area contributed by atoms with Gasteiger partial charge in [0.1, 0.15) is 5.75 Å². The van der Waals surface area contributed by atoms with E-state index in [2.05, 4.69) is 24.0 Å². The van der Waals surface area contributed by atoms with Crippen LogP contribution in [0.3, 0.4) is 0 Å². The standard InChI is InChI=1S/C29H34N2O3/c1-22(2)31(19-9-8-12-23-10-4-3-5-11-23)29(34)27-14-7-6-13-25(27)20-30-21-28(33)24-15-17-26(32)18-16-24/h3-7,10-11,13-18,28,30,32-33H,1,8-9,12,19-21H2,2H3. The number of aliphatic hydroxyl groups is 1. The van der Waals surface area contributed by atoms with Crippen molar-refractivity contribution in [3.63, 3.8) is 0 Å². The Balaban J connectivity index is 1.57. The first-order valence-corrected chi connectivity index (χ1v) is 11.7. The van der Waals surface area contributed by atoms with Gasteiger partial charge in [-0.1, -0.05) is 67.2 Å². The molecule has 178 valence electrons. The average Bonchev–Trinajstić information content (AvgIpc) is 2.84. The third-order valence-electron chi connectivity index (χ3n) is 5.82. The molecule has 3 aromatic rings. The van der Waals surface area contributed by atoms with Crippen molar-refractivity contribution < 1.29 is 15.0 Å². The highest BCUT2D eigenvalue weighted by atomic mass is 16.3. The van der Waals surface area contributed by atoms with Crippen molar-refractivity contribution in [2.75, 3.05) is 13.1 Å². The fraction of sp³-hybridized carbons (Fsp3) is 0.276. The van der Waals surface area contributed by atoms with E-state index in [1.54, 1.807) is 29.2 Å². The van der Waals surface area contributed by atoms with E-state index < -0.39 is 6.10 Å². The van der Waals surface area contributed by atoms with E-state index in [4.69, 9.17) is 0 Å². The Labute approximate surface area is 202 Å². The fourth-order valence-electron chi connectivity index (χ4n) is 3.90. The molecule has 0 aliphatic heterocycles. The summed E-state index contributed by atoms with van der Waals surface area (Å²) in [6.07, 6.45) is 2.18. The molecule has 0 bridgehead atoms. The van der Waals surface area contributed by atoms with Gasteiger partial charge < -0.3 is 20.4 Å². The Kier molecular flexibility index (Phi) is 9.44. The first-order valence-electron chi connectivity index (χ1n) is 11.7. The zero-order chi connectivity index (χ0) is 24.3. The van der Waals surface area contributed by atoms with Gasteiger partial charge in [-0.2, -0.15) is 0 Å². The molecule has 0 heterocycles. The van der Waals surface area contributed by atoms with Gasteiger partial charge in [0.05, 0.1) is 6.10 Å². The molecule has 0 aromatic heterocycles. The molecular formula is C29H34N2O3. The van der Waals surface area contributed by atoms with Crippen molar-refractivity contribution in [3.05, 3.63) is 113 Å². The average molecular weight is 459 g/mol. The van der Waals surface area contributed by atoms with Crippen LogP contribution in [-0.4, -0.2) is 34.1 Å². The lowest BCUT2D eigenvalue weighted by Gasteiger charge is -2.24. The van der Waals surface area contributed by atoms with E-state index in [0.29, 0.717) is 25.2 Å². The molecule has 0 saturated heterocycles. The number of carbonyl (C=O) groups excluding carboxylic acids is 1. The summed E-state index contributed by atoms with van der Waals surface area (Å²) in [6, 6.07) is 24.4. The second-order valence-corrected chi connectivity index (χ2v) is 8.53. The van der Waals surface area contributed by atoms with E-state index in [-0.39, 0.29) is 11.7 Å². The Hall–Kier alpha value is -3.41. The van der Waals surface area contributed by atoms with Gasteiger partial charge in [-0.05, 0) is 61.1 Å². The minimum absolute atomic E-state index is 0.0521. The van der Waals surface area contributed by atoms with Gasteiger partial charge in [-0.25, -0.2) is 0 Å². The van der Waals surface area contributed by atoms with E-state index in [1.807, 2.05) is 49.4 Å². The summed E-state index contributed by atoms with van der Waals surface area (Å²) in [7, 11) is 0. The van der Waals surface area contributed by atoms with Crippen LogP contribution in [0.4, 0.5) is 0 Å². The SMILES string of the molecule is C=C(C)N(CCCCc1ccccc1)C(=O)c1ccccc1CNCC(O)c1ccc(O)cc1. The van der Waals surface area contributed by atoms with Gasteiger partial charge in [0.15, 0.2) is 0 Å². The zero-order valence-electron chi connectivity index (χ0n) is 19.8. The number of amides is 1. The lowest BCUT2D eigenvalue weighted by atomic mass is 10.0. The third kappa shape index (κ3) is 7.30. The maximum atomic E-state index is 13.4. The van der Waals surface area contributed by atoms with Gasteiger partial charge in [0.2, 0.25) is 0 Å². The van der Waals surface area contributed by atoms with Crippen molar-refractivity contribution in [3.8, 4) is 5.75 Å². The number of phenolic OH excluding ortho intramolecular Hbond substituents is 1. The number of aryl methyl sites for hydroxylation is 1. The summed E-state index contributed by atoms with van der Waals surface area (Å²) in [6.45, 7) is 7.31. The number of aromatic hydroxyl groups is 1. The van der Waals surface area contributed by atoms with E-state index in [1.165, 1.54) is 5.56 Å². The van der Waals surface area contributed by atoms with E-state index >= 15 is 0 Å². The van der Waals surface area contributed by atoms with Crippen molar-refractivity contribution in [2.24, 2.45) is 0 Å². The number of allylic oxidation sites excluding steroid dienone is 1. The summed E-state index contributed by atoms with van der Waals surface area (Å²) in [5, 5.41) is 23.1. The molecule has 34 heavy (non-hydrogen) atoms. The maximum Gasteiger partial charge on any atom is 0.258 e. The smallest absolute Gasteiger partial charge is 0.258 e. The number of nitrogens with zero attached hydrogens (tertiary/aromatic N) is 1. The van der Waals surface area contributed by atoms with Crippen LogP contribution in [0, 0.1) is 0 Å². The molecule has 5 heteroatoms. The van der Waals surface area contributed by atoms with Crippen LogP contribution < -0.4 is 5.32 Å². The highest BCUT2D eigenvalue weighted by molar-refractivity contribution is 5.96. The van der Waals surface area contributed by atoms with Crippen LogP contribution in [0.5, 0.6) is 5.75 Å². The molecule has 0 fully saturated rings. The molecule has 0 radical (unpaired) electrons. The number of aliphatic hydroxyl groups excluding tert-OH is 1. The fourth-order valence-corrected chi connectivity index (χ4v) is 3.90. The topological polar surface area (TPSA) is 72.8 Å². The van der Waals surface area contributed by atoms with Crippen molar-refractivity contribution in [1.29, 1.82) is 0 Å². The van der Waals surface area contributed by atoms with Gasteiger partial charge in [0.25, 0.3) is 5.91 Å². The monoisotopic (exact) mass is 458 g/mol. The summed E-state index contributed by atoms with van der Waals surface area (Å²) < 4.78 is 0. The van der Waals surface area contributed by atoms with Crippen molar-refractivity contribution in [1.82, 2.24) is 10.2 Å². The number of benzene rings is 3. The molecule has 0 aliphatic carbocycles. The molecular weight excluding hydrogens is 424 g/mol. The number of carbonyl (C=O) groups is 1. The number of hydrogen-bond donors (Lipinski definition) is 3. The first-order chi connectivity index (χ1) is 16.5. The molecule has 1 atom stereocenters. The molecule has 3 N–H and O–H groups in total. The van der Waals surface area contributed by atoms with Gasteiger partial charge >= 0.3 is 0 Å². The third-order valence-corrected chi connectivity index (χ3v) is 5.82. The summed E-state index contributed by atoms with van der Waals surface area (Å²) >= 11 is 0. The number of nitrogens with one attached hydrogen (secondary N) is 1. The normalized spacial score (nSPS) is 11.7. The van der Waals surface area contributed by atoms with Crippen LogP contribution in [0.15, 0.2) is 91.1 Å². The molecule has 0 saturated carbocycles. The van der Waals surface area contributed by atoms with Gasteiger partial charge in [-0.15, -0.1) is 0 Å². The van der Waals surface area contributed by atoms with Gasteiger partial charge in [-0.3, -0.25) is 4.79 Å². The summed E-state index contributed by atoms with van der Waals surface area (Å²) in [5.41, 5.74) is 4.27. The molecule has 1 unspecified atom stereocenters. The highest BCUT2D eigenvalue weighted by Crippen LogP contribution is 2.18. The summed E-state index contributed by atoms with van der Waals surface area (Å²) in [5.74, 6) is 0.113. The largest absolute Gasteiger partial charge is 0.508 e. The predicted molar refractivity (Wildman–Crippen MR) is 136 cm³/mol. The predicted octanol–water partition coefficient (Wildman–Crippen LogP) is 5.21. The van der Waals surface area contributed by atoms with Crippen LogP contribution >= 0.6 is 0 Å². The quantitative estimate of drug-likeness (QED) is 0.326. The highest BCUT2D eigenvalue weighted by Gasteiger charge is 2.19. The minimum atomic E-state index is -0.708.